The van der Waals surface area contributed by atoms with E-state index in [-0.39, 0.29) is 4.90 Å². The van der Waals surface area contributed by atoms with Gasteiger partial charge in [-0.05, 0) is 36.8 Å². The van der Waals surface area contributed by atoms with Crippen LogP contribution in [0.15, 0.2) is 35.2 Å². The first-order valence-electron chi connectivity index (χ1n) is 5.61. The maximum atomic E-state index is 13.6. The summed E-state index contributed by atoms with van der Waals surface area (Å²) in [6.07, 6.45) is 0.966. The normalized spacial score (nSPS) is 12.6. The molecule has 0 saturated heterocycles. The van der Waals surface area contributed by atoms with Gasteiger partial charge in [-0.2, -0.15) is 0 Å². The number of hydrogen-bond donors (Lipinski definition) is 1. The molecule has 2 nitrogen and oxygen atoms in total. The lowest BCUT2D eigenvalue weighted by Gasteiger charge is -2.03. The van der Waals surface area contributed by atoms with E-state index in [1.54, 1.807) is 17.4 Å². The van der Waals surface area contributed by atoms with Gasteiger partial charge in [-0.3, -0.25) is 4.21 Å². The number of rotatable bonds is 4. The van der Waals surface area contributed by atoms with Crippen LogP contribution in [0.3, 0.4) is 0 Å². The molecular weight excluding hydrogens is 269 g/mol. The molecule has 1 heterocycles. The van der Waals surface area contributed by atoms with Crippen molar-refractivity contribution < 1.29 is 8.60 Å². The fourth-order valence-electron chi connectivity index (χ4n) is 1.60. The largest absolute Gasteiger partial charge is 0.399 e. The Balaban J connectivity index is 2.16. The van der Waals surface area contributed by atoms with E-state index < -0.39 is 16.6 Å². The van der Waals surface area contributed by atoms with Gasteiger partial charge in [0.15, 0.2) is 0 Å². The van der Waals surface area contributed by atoms with Crippen LogP contribution < -0.4 is 5.73 Å². The number of aryl methyl sites for hydroxylation is 1. The number of nitrogens with two attached hydrogens (primary N) is 1. The Bertz CT molecular complexity index is 580. The quantitative estimate of drug-likeness (QED) is 0.875. The van der Waals surface area contributed by atoms with Gasteiger partial charge in [0.05, 0.1) is 21.4 Å². The van der Waals surface area contributed by atoms with Crippen molar-refractivity contribution in [3.05, 3.63) is 45.9 Å². The molecule has 2 N–H and O–H groups in total. The Morgan fingerprint density at radius 2 is 2.00 bits per heavy atom. The van der Waals surface area contributed by atoms with E-state index in [1.165, 1.54) is 17.0 Å². The van der Waals surface area contributed by atoms with Crippen LogP contribution in [-0.4, -0.2) is 4.21 Å². The predicted octanol–water partition coefficient (Wildman–Crippen LogP) is 3.34. The van der Waals surface area contributed by atoms with Crippen molar-refractivity contribution in [3.63, 3.8) is 0 Å². The van der Waals surface area contributed by atoms with E-state index in [1.807, 2.05) is 12.1 Å². The van der Waals surface area contributed by atoms with Crippen molar-refractivity contribution in [2.45, 2.75) is 24.0 Å². The molecule has 5 heteroatoms. The Morgan fingerprint density at radius 3 is 2.61 bits per heavy atom. The van der Waals surface area contributed by atoms with Gasteiger partial charge in [-0.1, -0.05) is 6.92 Å². The fraction of sp³-hybridized carbons (Fsp3) is 0.231. The van der Waals surface area contributed by atoms with E-state index in [0.717, 1.165) is 11.3 Å². The van der Waals surface area contributed by atoms with Crippen LogP contribution in [0, 0.1) is 5.82 Å². The van der Waals surface area contributed by atoms with Gasteiger partial charge in [0, 0.05) is 15.4 Å². The van der Waals surface area contributed by atoms with E-state index in [2.05, 4.69) is 6.92 Å². The number of thiophene rings is 1. The topological polar surface area (TPSA) is 43.1 Å². The molecule has 0 fully saturated rings. The average molecular weight is 283 g/mol. The van der Waals surface area contributed by atoms with Crippen molar-refractivity contribution >= 4 is 27.8 Å². The molecule has 2 rings (SSSR count). The van der Waals surface area contributed by atoms with Gasteiger partial charge in [0.25, 0.3) is 0 Å². The number of nitrogen functional groups attached to an aromatic ring is 1. The van der Waals surface area contributed by atoms with Crippen LogP contribution in [0.2, 0.25) is 0 Å². The summed E-state index contributed by atoms with van der Waals surface area (Å²) in [5.41, 5.74) is 5.81. The minimum Gasteiger partial charge on any atom is -0.399 e. The molecule has 2 aromatic rings. The number of benzene rings is 1. The summed E-state index contributed by atoms with van der Waals surface area (Å²) < 4.78 is 25.7. The molecule has 18 heavy (non-hydrogen) atoms. The Labute approximate surface area is 112 Å². The van der Waals surface area contributed by atoms with Crippen molar-refractivity contribution in [2.24, 2.45) is 0 Å². The van der Waals surface area contributed by atoms with Crippen LogP contribution in [-0.2, 0) is 23.0 Å². The van der Waals surface area contributed by atoms with Crippen molar-refractivity contribution in [2.75, 3.05) is 5.73 Å². The summed E-state index contributed by atoms with van der Waals surface area (Å²) in [6.45, 7) is 2.08. The summed E-state index contributed by atoms with van der Waals surface area (Å²) in [5.74, 6) is -0.147. The van der Waals surface area contributed by atoms with E-state index in [4.69, 9.17) is 5.73 Å². The van der Waals surface area contributed by atoms with Crippen LogP contribution >= 0.6 is 11.3 Å². The molecule has 96 valence electrons. The van der Waals surface area contributed by atoms with Gasteiger partial charge in [-0.15, -0.1) is 11.3 Å². The highest BCUT2D eigenvalue weighted by molar-refractivity contribution is 7.84. The predicted molar refractivity (Wildman–Crippen MR) is 74.6 cm³/mol. The molecule has 0 bridgehead atoms. The third kappa shape index (κ3) is 2.97. The summed E-state index contributed by atoms with van der Waals surface area (Å²) in [7, 11) is -1.36. The van der Waals surface area contributed by atoms with E-state index in [9.17, 15) is 8.60 Å². The molecule has 0 aliphatic heterocycles. The number of anilines is 1. The lowest BCUT2D eigenvalue weighted by Crippen LogP contribution is -1.99. The first-order chi connectivity index (χ1) is 8.60. The molecule has 0 radical (unpaired) electrons. The second kappa shape index (κ2) is 5.63. The lowest BCUT2D eigenvalue weighted by molar-refractivity contribution is 0.596. The highest BCUT2D eigenvalue weighted by Crippen LogP contribution is 2.23. The molecule has 1 aromatic heterocycles. The second-order valence-corrected chi connectivity index (χ2v) is 6.57. The maximum Gasteiger partial charge on any atom is 0.141 e. The highest BCUT2D eigenvalue weighted by atomic mass is 32.2. The minimum absolute atomic E-state index is 0.218. The highest BCUT2D eigenvalue weighted by Gasteiger charge is 2.12. The van der Waals surface area contributed by atoms with Gasteiger partial charge in [-0.25, -0.2) is 4.39 Å². The summed E-state index contributed by atoms with van der Waals surface area (Å²) >= 11 is 1.62. The molecule has 0 aliphatic carbocycles. The van der Waals surface area contributed by atoms with Crippen LogP contribution in [0.1, 0.15) is 16.7 Å². The molecule has 0 aliphatic rings. The maximum absolute atomic E-state index is 13.6. The Morgan fingerprint density at radius 1 is 1.28 bits per heavy atom. The smallest absolute Gasteiger partial charge is 0.141 e. The third-order valence-corrected chi connectivity index (χ3v) is 5.35. The Kier molecular flexibility index (Phi) is 4.14. The van der Waals surface area contributed by atoms with Gasteiger partial charge < -0.3 is 5.73 Å². The summed E-state index contributed by atoms with van der Waals surface area (Å²) in [5, 5.41) is 0. The SMILES string of the molecule is CCc1ccc(CS(=O)c2ccc(N)cc2F)s1. The van der Waals surface area contributed by atoms with Crippen LogP contribution in [0.5, 0.6) is 0 Å². The molecule has 1 unspecified atom stereocenters. The van der Waals surface area contributed by atoms with Crippen molar-refractivity contribution in [1.29, 1.82) is 0 Å². The average Bonchev–Trinajstić information content (AvgIpc) is 2.76. The van der Waals surface area contributed by atoms with E-state index in [0.29, 0.717) is 11.4 Å². The van der Waals surface area contributed by atoms with Gasteiger partial charge in [0.2, 0.25) is 0 Å². The van der Waals surface area contributed by atoms with Crippen LogP contribution in [0.25, 0.3) is 0 Å². The number of halogens is 1. The fourth-order valence-corrected chi connectivity index (χ4v) is 3.92. The molecule has 0 saturated carbocycles. The third-order valence-electron chi connectivity index (χ3n) is 2.54. The molecular formula is C13H14FNOS2. The first kappa shape index (κ1) is 13.2. The zero-order valence-corrected chi connectivity index (χ0v) is 11.6. The summed E-state index contributed by atoms with van der Waals surface area (Å²) in [4.78, 5) is 2.48. The standard InChI is InChI=1S/C13H14FNOS2/c1-2-10-4-5-11(17-10)8-18(16)13-6-3-9(15)7-12(13)14/h3-7H,2,8,15H2,1H3. The molecule has 1 aromatic carbocycles. The monoisotopic (exact) mass is 283 g/mol. The molecule has 0 spiro atoms. The van der Waals surface area contributed by atoms with E-state index >= 15 is 0 Å². The second-order valence-electron chi connectivity index (χ2n) is 3.90. The Hall–Kier alpha value is -1.20. The molecule has 0 amide bonds. The minimum atomic E-state index is -1.36. The zero-order valence-electron chi connectivity index (χ0n) is 9.98. The van der Waals surface area contributed by atoms with Crippen molar-refractivity contribution in [1.82, 2.24) is 0 Å². The summed E-state index contributed by atoms with van der Waals surface area (Å²) in [6, 6.07) is 8.25. The molecule has 1 atom stereocenters. The van der Waals surface area contributed by atoms with Gasteiger partial charge >= 0.3 is 0 Å². The van der Waals surface area contributed by atoms with Gasteiger partial charge in [0.1, 0.15) is 5.82 Å². The number of hydrogen-bond acceptors (Lipinski definition) is 3. The lowest BCUT2D eigenvalue weighted by atomic mass is 10.3. The van der Waals surface area contributed by atoms with Crippen LogP contribution in [0.4, 0.5) is 10.1 Å². The van der Waals surface area contributed by atoms with Crippen molar-refractivity contribution in [3.8, 4) is 0 Å². The zero-order chi connectivity index (χ0) is 13.1. The first-order valence-corrected chi connectivity index (χ1v) is 7.74.